The first-order chi connectivity index (χ1) is 10.6. The van der Waals surface area contributed by atoms with Crippen LogP contribution in [-0.2, 0) is 4.79 Å². The van der Waals surface area contributed by atoms with Crippen LogP contribution in [0.2, 0.25) is 5.02 Å². The van der Waals surface area contributed by atoms with E-state index < -0.39 is 23.2 Å². The van der Waals surface area contributed by atoms with Gasteiger partial charge in [0, 0.05) is 10.9 Å². The summed E-state index contributed by atoms with van der Waals surface area (Å²) in [5, 5.41) is 12.3. The molecule has 1 heterocycles. The Morgan fingerprint density at radius 2 is 2.09 bits per heavy atom. The molecule has 0 radical (unpaired) electrons. The second kappa shape index (κ2) is 6.20. The van der Waals surface area contributed by atoms with E-state index >= 15 is 0 Å². The maximum Gasteiger partial charge on any atom is 0.305 e. The molecule has 0 spiro atoms. The Morgan fingerprint density at radius 1 is 1.43 bits per heavy atom. The largest absolute Gasteiger partial charge is 0.481 e. The van der Waals surface area contributed by atoms with E-state index in [1.807, 2.05) is 13.8 Å². The number of halogens is 2. The van der Waals surface area contributed by atoms with E-state index in [0.717, 1.165) is 0 Å². The highest BCUT2D eigenvalue weighted by Crippen LogP contribution is 2.29. The molecule has 23 heavy (non-hydrogen) atoms. The van der Waals surface area contributed by atoms with Gasteiger partial charge in [-0.15, -0.1) is 0 Å². The van der Waals surface area contributed by atoms with Gasteiger partial charge in [-0.1, -0.05) is 25.4 Å². The minimum Gasteiger partial charge on any atom is -0.481 e. The van der Waals surface area contributed by atoms with Gasteiger partial charge in [-0.3, -0.25) is 9.59 Å². The fraction of sp³-hybridized carbons (Fsp3) is 0.375. The summed E-state index contributed by atoms with van der Waals surface area (Å²) in [6.07, 6.45) is -0.219. The Balaban J connectivity index is 2.36. The van der Waals surface area contributed by atoms with Crippen molar-refractivity contribution in [3.05, 3.63) is 34.7 Å². The van der Waals surface area contributed by atoms with Crippen LogP contribution < -0.4 is 5.32 Å². The Hall–Kier alpha value is -2.08. The van der Waals surface area contributed by atoms with Gasteiger partial charge in [-0.05, 0) is 31.0 Å². The number of carboxylic acid groups (broad SMARTS) is 1. The second-order valence-electron chi connectivity index (χ2n) is 6.10. The fourth-order valence-electron chi connectivity index (χ4n) is 2.32. The fourth-order valence-corrected chi connectivity index (χ4v) is 2.61. The second-order valence-corrected chi connectivity index (χ2v) is 6.48. The predicted octanol–water partition coefficient (Wildman–Crippen LogP) is 3.58. The van der Waals surface area contributed by atoms with Crippen molar-refractivity contribution in [1.82, 2.24) is 10.3 Å². The summed E-state index contributed by atoms with van der Waals surface area (Å²) in [6.45, 7) is 5.32. The van der Waals surface area contributed by atoms with Gasteiger partial charge in [-0.2, -0.15) is 0 Å². The number of benzene rings is 1. The van der Waals surface area contributed by atoms with E-state index in [1.54, 1.807) is 6.92 Å². The Labute approximate surface area is 137 Å². The van der Waals surface area contributed by atoms with E-state index in [4.69, 9.17) is 16.7 Å². The summed E-state index contributed by atoms with van der Waals surface area (Å²) in [4.78, 5) is 26.4. The van der Waals surface area contributed by atoms with Gasteiger partial charge in [-0.25, -0.2) is 4.39 Å². The van der Waals surface area contributed by atoms with Crippen LogP contribution in [0.15, 0.2) is 18.2 Å². The Kier molecular flexibility index (Phi) is 4.66. The van der Waals surface area contributed by atoms with E-state index in [9.17, 15) is 14.0 Å². The van der Waals surface area contributed by atoms with Crippen molar-refractivity contribution >= 4 is 34.4 Å². The third-order valence-corrected chi connectivity index (χ3v) is 4.51. The maximum absolute atomic E-state index is 13.3. The van der Waals surface area contributed by atoms with Crippen LogP contribution in [0.3, 0.4) is 0 Å². The van der Waals surface area contributed by atoms with Gasteiger partial charge < -0.3 is 15.4 Å². The molecular formula is C16H18ClFN2O3. The molecule has 0 fully saturated rings. The third-order valence-electron chi connectivity index (χ3n) is 4.12. The number of carbonyl (C=O) groups excluding carboxylic acids is 1. The average molecular weight is 341 g/mol. The number of hydrogen-bond acceptors (Lipinski definition) is 2. The molecule has 5 nitrogen and oxygen atoms in total. The molecule has 0 aliphatic carbocycles. The lowest BCUT2D eigenvalue weighted by Gasteiger charge is -2.33. The normalized spacial score (nSPS) is 14.0. The zero-order valence-electron chi connectivity index (χ0n) is 13.0. The lowest BCUT2D eigenvalue weighted by atomic mass is 9.85. The molecule has 1 atom stereocenters. The topological polar surface area (TPSA) is 82.2 Å². The molecule has 124 valence electrons. The quantitative estimate of drug-likeness (QED) is 0.778. The number of carbonyl (C=O) groups is 2. The van der Waals surface area contributed by atoms with Crippen LogP contribution >= 0.6 is 11.6 Å². The van der Waals surface area contributed by atoms with Gasteiger partial charge in [0.15, 0.2) is 0 Å². The van der Waals surface area contributed by atoms with Crippen molar-refractivity contribution in [2.24, 2.45) is 5.92 Å². The summed E-state index contributed by atoms with van der Waals surface area (Å²) in [5.74, 6) is -2.10. The molecule has 2 rings (SSSR count). The molecule has 1 unspecified atom stereocenters. The van der Waals surface area contributed by atoms with Gasteiger partial charge in [0.1, 0.15) is 11.5 Å². The summed E-state index contributed by atoms with van der Waals surface area (Å²) >= 11 is 6.16. The highest BCUT2D eigenvalue weighted by Gasteiger charge is 2.34. The van der Waals surface area contributed by atoms with Crippen LogP contribution in [0.4, 0.5) is 4.39 Å². The first-order valence-electron chi connectivity index (χ1n) is 7.15. The number of hydrogen-bond donors (Lipinski definition) is 3. The molecular weight excluding hydrogens is 323 g/mol. The Morgan fingerprint density at radius 3 is 2.65 bits per heavy atom. The average Bonchev–Trinajstić information content (AvgIpc) is 2.75. The number of aromatic nitrogens is 1. The number of fused-ring (bicyclic) bond motifs is 1. The Bertz CT molecular complexity index is 772. The molecule has 2 aromatic rings. The minimum atomic E-state index is -1.01. The highest BCUT2D eigenvalue weighted by molar-refractivity contribution is 6.38. The number of carboxylic acids is 1. The van der Waals surface area contributed by atoms with Crippen molar-refractivity contribution in [3.8, 4) is 0 Å². The summed E-state index contributed by atoms with van der Waals surface area (Å²) in [7, 11) is 0. The van der Waals surface area contributed by atoms with E-state index in [2.05, 4.69) is 10.3 Å². The standard InChI is InChI=1S/C16H18ClFN2O3/c1-8(2)16(3,7-12(21)22)20-15(23)14-13(17)10-6-9(18)4-5-11(10)19-14/h4-6,8,19H,7H2,1-3H3,(H,20,23)(H,21,22). The molecule has 0 saturated carbocycles. The van der Waals surface area contributed by atoms with Crippen molar-refractivity contribution < 1.29 is 19.1 Å². The first kappa shape index (κ1) is 17.3. The summed E-state index contributed by atoms with van der Waals surface area (Å²) in [5.41, 5.74) is -0.315. The molecule has 1 aromatic carbocycles. The van der Waals surface area contributed by atoms with Crippen molar-refractivity contribution in [3.63, 3.8) is 0 Å². The summed E-state index contributed by atoms with van der Waals surface area (Å²) in [6, 6.07) is 4.00. The van der Waals surface area contributed by atoms with Gasteiger partial charge in [0.25, 0.3) is 5.91 Å². The lowest BCUT2D eigenvalue weighted by Crippen LogP contribution is -2.51. The van der Waals surface area contributed by atoms with E-state index in [-0.39, 0.29) is 23.1 Å². The van der Waals surface area contributed by atoms with Crippen LogP contribution in [0, 0.1) is 11.7 Å². The van der Waals surface area contributed by atoms with Crippen molar-refractivity contribution in [1.29, 1.82) is 0 Å². The molecule has 1 aromatic heterocycles. The minimum absolute atomic E-state index is 0.0875. The highest BCUT2D eigenvalue weighted by atomic mass is 35.5. The molecule has 0 aliphatic heterocycles. The number of aliphatic carboxylic acids is 1. The number of rotatable bonds is 5. The molecule has 0 bridgehead atoms. The number of nitrogens with one attached hydrogen (secondary N) is 2. The van der Waals surface area contributed by atoms with Crippen LogP contribution in [0.5, 0.6) is 0 Å². The number of amides is 1. The van der Waals surface area contributed by atoms with Gasteiger partial charge in [0.05, 0.1) is 17.0 Å². The van der Waals surface area contributed by atoms with Crippen molar-refractivity contribution in [2.45, 2.75) is 32.7 Å². The molecule has 1 amide bonds. The van der Waals surface area contributed by atoms with E-state index in [0.29, 0.717) is 10.9 Å². The molecule has 0 saturated heterocycles. The first-order valence-corrected chi connectivity index (χ1v) is 7.53. The molecule has 0 aliphatic rings. The molecule has 3 N–H and O–H groups in total. The van der Waals surface area contributed by atoms with E-state index in [1.165, 1.54) is 18.2 Å². The smallest absolute Gasteiger partial charge is 0.305 e. The lowest BCUT2D eigenvalue weighted by molar-refractivity contribution is -0.138. The van der Waals surface area contributed by atoms with Crippen LogP contribution in [-0.4, -0.2) is 27.5 Å². The number of H-pyrrole nitrogens is 1. The zero-order valence-corrected chi connectivity index (χ0v) is 13.8. The zero-order chi connectivity index (χ0) is 17.4. The summed E-state index contributed by atoms with van der Waals surface area (Å²) < 4.78 is 13.3. The maximum atomic E-state index is 13.3. The van der Waals surface area contributed by atoms with Crippen molar-refractivity contribution in [2.75, 3.05) is 0 Å². The van der Waals surface area contributed by atoms with Crippen LogP contribution in [0.1, 0.15) is 37.7 Å². The number of aromatic amines is 1. The van der Waals surface area contributed by atoms with Crippen LogP contribution in [0.25, 0.3) is 10.9 Å². The predicted molar refractivity (Wildman–Crippen MR) is 86.2 cm³/mol. The molecule has 7 heteroatoms. The third kappa shape index (κ3) is 3.47. The van der Waals surface area contributed by atoms with Gasteiger partial charge in [0.2, 0.25) is 0 Å². The van der Waals surface area contributed by atoms with Gasteiger partial charge >= 0.3 is 5.97 Å². The monoisotopic (exact) mass is 340 g/mol. The SMILES string of the molecule is CC(C)C(C)(CC(=O)O)NC(=O)c1[nH]c2ccc(F)cc2c1Cl.